The molecule has 7 heteroatoms. The van der Waals surface area contributed by atoms with Crippen molar-refractivity contribution in [2.24, 2.45) is 0 Å². The number of hydrogen-bond acceptors (Lipinski definition) is 6. The molecule has 0 atom stereocenters. The van der Waals surface area contributed by atoms with E-state index in [0.717, 1.165) is 0 Å². The number of nitrogens with two attached hydrogens (primary N) is 1. The molecule has 0 aliphatic rings. The molecular weight excluding hydrogens is 274 g/mol. The Morgan fingerprint density at radius 1 is 1.33 bits per heavy atom. The van der Waals surface area contributed by atoms with Gasteiger partial charge in [-0.25, -0.2) is 9.48 Å². The quantitative estimate of drug-likeness (QED) is 0.610. The highest BCUT2D eigenvalue weighted by atomic mass is 16.7. The van der Waals surface area contributed by atoms with Gasteiger partial charge >= 0.3 is 5.97 Å². The number of esters is 1. The second kappa shape index (κ2) is 7.42. The number of nitrogen functional groups attached to an aromatic ring is 1. The summed E-state index contributed by atoms with van der Waals surface area (Å²) in [7, 11) is 0. The SMILES string of the molecule is CCOC(Cn1ncc(C(=O)OC(C)(C)C)c1N)OCC. The van der Waals surface area contributed by atoms with E-state index in [2.05, 4.69) is 5.10 Å². The molecule has 7 nitrogen and oxygen atoms in total. The van der Waals surface area contributed by atoms with E-state index in [1.807, 2.05) is 13.8 Å². The minimum absolute atomic E-state index is 0.244. The van der Waals surface area contributed by atoms with Crippen molar-refractivity contribution in [2.45, 2.75) is 53.1 Å². The Balaban J connectivity index is 2.81. The van der Waals surface area contributed by atoms with E-state index in [0.29, 0.717) is 19.8 Å². The van der Waals surface area contributed by atoms with Gasteiger partial charge < -0.3 is 19.9 Å². The summed E-state index contributed by atoms with van der Waals surface area (Å²) in [5, 5.41) is 4.10. The first-order chi connectivity index (χ1) is 9.78. The molecule has 21 heavy (non-hydrogen) atoms. The lowest BCUT2D eigenvalue weighted by Crippen LogP contribution is -2.26. The topological polar surface area (TPSA) is 88.6 Å². The van der Waals surface area contributed by atoms with Crippen LogP contribution in [0.4, 0.5) is 5.82 Å². The molecule has 0 amide bonds. The van der Waals surface area contributed by atoms with Crippen LogP contribution in [-0.4, -0.2) is 40.9 Å². The van der Waals surface area contributed by atoms with Crippen molar-refractivity contribution in [3.63, 3.8) is 0 Å². The summed E-state index contributed by atoms with van der Waals surface area (Å²) in [5.74, 6) is -0.246. The molecule has 0 saturated heterocycles. The number of ether oxygens (including phenoxy) is 3. The number of nitrogens with zero attached hydrogens (tertiary/aromatic N) is 2. The third kappa shape index (κ3) is 5.35. The second-order valence-corrected chi connectivity index (χ2v) is 5.47. The van der Waals surface area contributed by atoms with E-state index < -0.39 is 17.9 Å². The van der Waals surface area contributed by atoms with Crippen LogP contribution >= 0.6 is 0 Å². The Labute approximate surface area is 125 Å². The monoisotopic (exact) mass is 299 g/mol. The summed E-state index contributed by atoms with van der Waals surface area (Å²) in [4.78, 5) is 12.0. The van der Waals surface area contributed by atoms with Crippen LogP contribution in [0, 0.1) is 0 Å². The molecule has 0 bridgehead atoms. The number of carbonyl (C=O) groups excluding carboxylic acids is 1. The molecular formula is C14H25N3O4. The van der Waals surface area contributed by atoms with Gasteiger partial charge in [0.1, 0.15) is 17.0 Å². The normalized spacial score (nSPS) is 11.9. The summed E-state index contributed by atoms with van der Waals surface area (Å²) in [6.45, 7) is 10.5. The Morgan fingerprint density at radius 3 is 2.38 bits per heavy atom. The van der Waals surface area contributed by atoms with Gasteiger partial charge in [-0.15, -0.1) is 0 Å². The van der Waals surface area contributed by atoms with Gasteiger partial charge in [-0.1, -0.05) is 0 Å². The zero-order valence-corrected chi connectivity index (χ0v) is 13.4. The van der Waals surface area contributed by atoms with Crippen LogP contribution in [0.3, 0.4) is 0 Å². The van der Waals surface area contributed by atoms with E-state index >= 15 is 0 Å². The van der Waals surface area contributed by atoms with Crippen molar-refractivity contribution in [2.75, 3.05) is 18.9 Å². The van der Waals surface area contributed by atoms with Crippen molar-refractivity contribution in [3.05, 3.63) is 11.8 Å². The summed E-state index contributed by atoms with van der Waals surface area (Å²) in [5.41, 5.74) is 5.62. The van der Waals surface area contributed by atoms with Gasteiger partial charge in [0.05, 0.1) is 12.7 Å². The molecule has 1 aromatic rings. The zero-order valence-electron chi connectivity index (χ0n) is 13.4. The lowest BCUT2D eigenvalue weighted by molar-refractivity contribution is -0.144. The molecule has 0 unspecified atom stereocenters. The van der Waals surface area contributed by atoms with Gasteiger partial charge in [0.25, 0.3) is 0 Å². The smallest absolute Gasteiger partial charge is 0.344 e. The highest BCUT2D eigenvalue weighted by Gasteiger charge is 2.23. The maximum absolute atomic E-state index is 12.0. The highest BCUT2D eigenvalue weighted by molar-refractivity contribution is 5.94. The first-order valence-corrected chi connectivity index (χ1v) is 7.06. The van der Waals surface area contributed by atoms with Crippen LogP contribution in [0.25, 0.3) is 0 Å². The number of anilines is 1. The molecule has 0 saturated carbocycles. The molecule has 0 fully saturated rings. The van der Waals surface area contributed by atoms with Gasteiger partial charge in [0, 0.05) is 13.2 Å². The van der Waals surface area contributed by atoms with Gasteiger partial charge in [0.2, 0.25) is 0 Å². The highest BCUT2D eigenvalue weighted by Crippen LogP contribution is 2.17. The van der Waals surface area contributed by atoms with E-state index in [1.165, 1.54) is 10.9 Å². The molecule has 1 rings (SSSR count). The Hall–Kier alpha value is -1.60. The molecule has 0 aliphatic heterocycles. The summed E-state index contributed by atoms with van der Waals surface area (Å²) < 4.78 is 17.6. The fraction of sp³-hybridized carbons (Fsp3) is 0.714. The minimum Gasteiger partial charge on any atom is -0.456 e. The molecule has 1 aromatic heterocycles. The van der Waals surface area contributed by atoms with E-state index in [9.17, 15) is 4.79 Å². The third-order valence-electron chi connectivity index (χ3n) is 2.53. The average molecular weight is 299 g/mol. The molecule has 0 radical (unpaired) electrons. The maximum Gasteiger partial charge on any atom is 0.344 e. The van der Waals surface area contributed by atoms with Crippen LogP contribution in [-0.2, 0) is 20.8 Å². The fourth-order valence-corrected chi connectivity index (χ4v) is 1.70. The Morgan fingerprint density at radius 2 is 1.90 bits per heavy atom. The number of rotatable bonds is 7. The number of aromatic nitrogens is 2. The molecule has 2 N–H and O–H groups in total. The lowest BCUT2D eigenvalue weighted by atomic mass is 10.2. The first-order valence-electron chi connectivity index (χ1n) is 7.06. The largest absolute Gasteiger partial charge is 0.456 e. The van der Waals surface area contributed by atoms with Gasteiger partial charge in [-0.05, 0) is 34.6 Å². The van der Waals surface area contributed by atoms with Crippen LogP contribution in [0.5, 0.6) is 0 Å². The van der Waals surface area contributed by atoms with E-state index in [-0.39, 0.29) is 11.4 Å². The van der Waals surface area contributed by atoms with E-state index in [4.69, 9.17) is 19.9 Å². The molecule has 1 heterocycles. The standard InChI is InChI=1S/C14H25N3O4/c1-6-19-11(20-7-2)9-17-12(15)10(8-16-17)13(18)21-14(3,4)5/h8,11H,6-7,9,15H2,1-5H3. The number of hydrogen-bond donors (Lipinski definition) is 1. The van der Waals surface area contributed by atoms with Crippen molar-refractivity contribution >= 4 is 11.8 Å². The number of carbonyl (C=O) groups is 1. The average Bonchev–Trinajstić information content (AvgIpc) is 2.69. The minimum atomic E-state index is -0.579. The van der Waals surface area contributed by atoms with Crippen LogP contribution < -0.4 is 5.73 Å². The zero-order chi connectivity index (χ0) is 16.0. The Kier molecular flexibility index (Phi) is 6.17. The molecule has 120 valence electrons. The first kappa shape index (κ1) is 17.5. The van der Waals surface area contributed by atoms with Crippen LogP contribution in [0.1, 0.15) is 45.0 Å². The van der Waals surface area contributed by atoms with Gasteiger partial charge in [0.15, 0.2) is 6.29 Å². The van der Waals surface area contributed by atoms with Crippen molar-refractivity contribution in [1.82, 2.24) is 9.78 Å². The Bertz CT molecular complexity index is 459. The predicted octanol–water partition coefficient (Wildman–Crippen LogP) is 1.82. The molecule has 0 aromatic carbocycles. The summed E-state index contributed by atoms with van der Waals surface area (Å²) in [6.07, 6.45) is 0.951. The maximum atomic E-state index is 12.0. The van der Waals surface area contributed by atoms with E-state index in [1.54, 1.807) is 20.8 Å². The fourth-order valence-electron chi connectivity index (χ4n) is 1.70. The third-order valence-corrected chi connectivity index (χ3v) is 2.53. The summed E-state index contributed by atoms with van der Waals surface area (Å²) in [6, 6.07) is 0. The van der Waals surface area contributed by atoms with Crippen molar-refractivity contribution < 1.29 is 19.0 Å². The van der Waals surface area contributed by atoms with Gasteiger partial charge in [-0.3, -0.25) is 0 Å². The molecule has 0 aliphatic carbocycles. The van der Waals surface area contributed by atoms with Gasteiger partial charge in [-0.2, -0.15) is 5.10 Å². The summed E-state index contributed by atoms with van der Waals surface area (Å²) >= 11 is 0. The van der Waals surface area contributed by atoms with Crippen LogP contribution in [0.2, 0.25) is 0 Å². The molecule has 0 spiro atoms. The predicted molar refractivity (Wildman–Crippen MR) is 78.8 cm³/mol. The van der Waals surface area contributed by atoms with Crippen LogP contribution in [0.15, 0.2) is 6.20 Å². The lowest BCUT2D eigenvalue weighted by Gasteiger charge is -2.19. The second-order valence-electron chi connectivity index (χ2n) is 5.47. The van der Waals surface area contributed by atoms with Crippen molar-refractivity contribution in [1.29, 1.82) is 0 Å². The van der Waals surface area contributed by atoms with Crippen molar-refractivity contribution in [3.8, 4) is 0 Å².